The SMILES string of the molecule is C=CC[C@@H]1O[C@@H](C)CC1(c1ccccc1)c1ccccc1. The van der Waals surface area contributed by atoms with Crippen LogP contribution in [-0.4, -0.2) is 12.2 Å². The van der Waals surface area contributed by atoms with Crippen LogP contribution in [0.1, 0.15) is 30.9 Å². The molecule has 1 aliphatic rings. The average Bonchev–Trinajstić information content (AvgIpc) is 2.87. The lowest BCUT2D eigenvalue weighted by atomic mass is 9.68. The Hall–Kier alpha value is -1.86. The molecule has 1 heterocycles. The molecule has 0 unspecified atom stereocenters. The highest BCUT2D eigenvalue weighted by Crippen LogP contribution is 2.47. The second-order valence-electron chi connectivity index (χ2n) is 5.87. The molecule has 1 fully saturated rings. The first-order chi connectivity index (χ1) is 10.3. The Labute approximate surface area is 127 Å². The van der Waals surface area contributed by atoms with Gasteiger partial charge in [0, 0.05) is 5.41 Å². The molecule has 0 radical (unpaired) electrons. The molecule has 1 nitrogen and oxygen atoms in total. The fourth-order valence-electron chi connectivity index (χ4n) is 3.68. The van der Waals surface area contributed by atoms with Crippen LogP contribution in [0, 0.1) is 0 Å². The highest BCUT2D eigenvalue weighted by molar-refractivity contribution is 5.42. The van der Waals surface area contributed by atoms with Crippen LogP contribution in [0.25, 0.3) is 0 Å². The van der Waals surface area contributed by atoms with Crippen LogP contribution in [0.2, 0.25) is 0 Å². The summed E-state index contributed by atoms with van der Waals surface area (Å²) in [5.41, 5.74) is 2.61. The minimum Gasteiger partial charge on any atom is -0.374 e. The van der Waals surface area contributed by atoms with Crippen LogP contribution in [0.5, 0.6) is 0 Å². The summed E-state index contributed by atoms with van der Waals surface area (Å²) >= 11 is 0. The van der Waals surface area contributed by atoms with E-state index in [1.165, 1.54) is 11.1 Å². The van der Waals surface area contributed by atoms with Crippen LogP contribution < -0.4 is 0 Å². The largest absolute Gasteiger partial charge is 0.374 e. The lowest BCUT2D eigenvalue weighted by Gasteiger charge is -2.35. The van der Waals surface area contributed by atoms with E-state index in [2.05, 4.69) is 74.2 Å². The van der Waals surface area contributed by atoms with Crippen LogP contribution in [-0.2, 0) is 10.2 Å². The maximum atomic E-state index is 6.26. The van der Waals surface area contributed by atoms with E-state index in [1.807, 2.05) is 6.08 Å². The van der Waals surface area contributed by atoms with Gasteiger partial charge in [0.2, 0.25) is 0 Å². The zero-order chi connectivity index (χ0) is 14.7. The van der Waals surface area contributed by atoms with Gasteiger partial charge in [-0.05, 0) is 30.9 Å². The highest BCUT2D eigenvalue weighted by atomic mass is 16.5. The van der Waals surface area contributed by atoms with E-state index < -0.39 is 0 Å². The molecule has 0 bridgehead atoms. The molecular weight excluding hydrogens is 256 g/mol. The molecule has 108 valence electrons. The summed E-state index contributed by atoms with van der Waals surface area (Å²) in [6.45, 7) is 6.09. The zero-order valence-electron chi connectivity index (χ0n) is 12.5. The molecule has 0 spiro atoms. The summed E-state index contributed by atoms with van der Waals surface area (Å²) < 4.78 is 6.26. The maximum Gasteiger partial charge on any atom is 0.0751 e. The minimum absolute atomic E-state index is 0.0733. The third kappa shape index (κ3) is 2.43. The monoisotopic (exact) mass is 278 g/mol. The number of hydrogen-bond acceptors (Lipinski definition) is 1. The number of hydrogen-bond donors (Lipinski definition) is 0. The summed E-state index contributed by atoms with van der Waals surface area (Å²) in [6.07, 6.45) is 4.27. The van der Waals surface area contributed by atoms with Crippen molar-refractivity contribution in [1.82, 2.24) is 0 Å². The van der Waals surface area contributed by atoms with E-state index in [-0.39, 0.29) is 17.6 Å². The Kier molecular flexibility index (Phi) is 3.94. The van der Waals surface area contributed by atoms with Crippen LogP contribution in [0.3, 0.4) is 0 Å². The molecule has 0 amide bonds. The van der Waals surface area contributed by atoms with Gasteiger partial charge in [0.15, 0.2) is 0 Å². The minimum atomic E-state index is -0.0733. The van der Waals surface area contributed by atoms with Gasteiger partial charge in [-0.15, -0.1) is 6.58 Å². The van der Waals surface area contributed by atoms with Crippen molar-refractivity contribution >= 4 is 0 Å². The van der Waals surface area contributed by atoms with Crippen molar-refractivity contribution in [3.8, 4) is 0 Å². The quantitative estimate of drug-likeness (QED) is 0.735. The van der Waals surface area contributed by atoms with Gasteiger partial charge < -0.3 is 4.74 Å². The maximum absolute atomic E-state index is 6.26. The molecule has 1 heteroatoms. The molecule has 3 rings (SSSR count). The zero-order valence-corrected chi connectivity index (χ0v) is 12.5. The molecule has 21 heavy (non-hydrogen) atoms. The van der Waals surface area contributed by atoms with Gasteiger partial charge in [0.1, 0.15) is 0 Å². The number of benzene rings is 2. The lowest BCUT2D eigenvalue weighted by molar-refractivity contribution is 0.0445. The van der Waals surface area contributed by atoms with E-state index in [0.29, 0.717) is 0 Å². The summed E-state index contributed by atoms with van der Waals surface area (Å²) in [6, 6.07) is 21.5. The van der Waals surface area contributed by atoms with Crippen LogP contribution in [0.4, 0.5) is 0 Å². The lowest BCUT2D eigenvalue weighted by Crippen LogP contribution is -2.36. The van der Waals surface area contributed by atoms with Crippen LogP contribution >= 0.6 is 0 Å². The van der Waals surface area contributed by atoms with Gasteiger partial charge in [0.25, 0.3) is 0 Å². The first-order valence-electron chi connectivity index (χ1n) is 7.65. The molecule has 0 N–H and O–H groups in total. The number of rotatable bonds is 4. The molecule has 1 saturated heterocycles. The Morgan fingerprint density at radius 1 is 1.05 bits per heavy atom. The Balaban J connectivity index is 2.17. The van der Waals surface area contributed by atoms with Crippen molar-refractivity contribution in [3.63, 3.8) is 0 Å². The Bertz CT molecular complexity index is 548. The Morgan fingerprint density at radius 2 is 1.57 bits per heavy atom. The van der Waals surface area contributed by atoms with Crippen molar-refractivity contribution in [1.29, 1.82) is 0 Å². The standard InChI is InChI=1S/C20H22O/c1-3-10-19-20(15-16(2)21-19,17-11-6-4-7-12-17)18-13-8-5-9-14-18/h3-9,11-14,16,19H,1,10,15H2,2H3/t16-,19-/m0/s1. The molecular formula is C20H22O. The van der Waals surface area contributed by atoms with Crippen LogP contribution in [0.15, 0.2) is 73.3 Å². The van der Waals surface area contributed by atoms with Gasteiger partial charge in [-0.2, -0.15) is 0 Å². The third-order valence-corrected chi connectivity index (χ3v) is 4.51. The first kappa shape index (κ1) is 14.1. The van der Waals surface area contributed by atoms with E-state index in [4.69, 9.17) is 4.74 Å². The van der Waals surface area contributed by atoms with Crippen molar-refractivity contribution in [3.05, 3.63) is 84.4 Å². The smallest absolute Gasteiger partial charge is 0.0751 e. The second-order valence-corrected chi connectivity index (χ2v) is 5.87. The Morgan fingerprint density at radius 3 is 2.05 bits per heavy atom. The summed E-state index contributed by atoms with van der Waals surface area (Å²) in [5, 5.41) is 0. The van der Waals surface area contributed by atoms with Crippen molar-refractivity contribution in [2.75, 3.05) is 0 Å². The predicted molar refractivity (Wildman–Crippen MR) is 87.4 cm³/mol. The van der Waals surface area contributed by atoms with E-state index in [1.54, 1.807) is 0 Å². The van der Waals surface area contributed by atoms with E-state index in [0.717, 1.165) is 12.8 Å². The van der Waals surface area contributed by atoms with Crippen molar-refractivity contribution < 1.29 is 4.74 Å². The molecule has 0 aliphatic carbocycles. The van der Waals surface area contributed by atoms with Gasteiger partial charge in [0.05, 0.1) is 12.2 Å². The fourth-order valence-corrected chi connectivity index (χ4v) is 3.68. The molecule has 2 atom stereocenters. The topological polar surface area (TPSA) is 9.23 Å². The summed E-state index contributed by atoms with van der Waals surface area (Å²) in [7, 11) is 0. The van der Waals surface area contributed by atoms with Gasteiger partial charge in [-0.1, -0.05) is 66.7 Å². The first-order valence-corrected chi connectivity index (χ1v) is 7.65. The summed E-state index contributed by atoms with van der Waals surface area (Å²) in [4.78, 5) is 0. The molecule has 0 saturated carbocycles. The normalized spacial score (nSPS) is 23.9. The molecule has 0 aromatic heterocycles. The molecule has 1 aliphatic heterocycles. The molecule has 2 aromatic rings. The molecule has 2 aromatic carbocycles. The third-order valence-electron chi connectivity index (χ3n) is 4.51. The number of ether oxygens (including phenoxy) is 1. The summed E-state index contributed by atoms with van der Waals surface area (Å²) in [5.74, 6) is 0. The highest BCUT2D eigenvalue weighted by Gasteiger charge is 2.48. The predicted octanol–water partition coefficient (Wildman–Crippen LogP) is 4.73. The van der Waals surface area contributed by atoms with E-state index in [9.17, 15) is 0 Å². The van der Waals surface area contributed by atoms with Gasteiger partial charge in [-0.3, -0.25) is 0 Å². The van der Waals surface area contributed by atoms with Crippen molar-refractivity contribution in [2.45, 2.75) is 37.4 Å². The second kappa shape index (κ2) is 5.87. The fraction of sp³-hybridized carbons (Fsp3) is 0.300. The van der Waals surface area contributed by atoms with E-state index >= 15 is 0 Å². The van der Waals surface area contributed by atoms with Gasteiger partial charge in [-0.25, -0.2) is 0 Å². The van der Waals surface area contributed by atoms with Gasteiger partial charge >= 0.3 is 0 Å². The average molecular weight is 278 g/mol. The van der Waals surface area contributed by atoms with Crippen molar-refractivity contribution in [2.24, 2.45) is 0 Å².